The molecule has 2 radical (unpaired) electrons. The molecule has 2 fully saturated rings. The summed E-state index contributed by atoms with van der Waals surface area (Å²) < 4.78 is 6.20. The molecule has 0 unspecified atom stereocenters. The maximum Gasteiger partial charge on any atom is 0.323 e. The maximum atomic E-state index is 12.7. The van der Waals surface area contributed by atoms with Gasteiger partial charge in [-0.15, -0.1) is 20.5 Å². The van der Waals surface area contributed by atoms with Gasteiger partial charge in [0.2, 0.25) is 11.9 Å². The highest BCUT2D eigenvalue weighted by atomic mass is 16.5. The van der Waals surface area contributed by atoms with E-state index < -0.39 is 22.2 Å². The highest BCUT2D eigenvalue weighted by Gasteiger charge is 2.48. The minimum Gasteiger partial charge on any atom is -0.460 e. The molecule has 0 aliphatic carbocycles. The number of hydroxylamine groups is 4. The molecule has 3 heterocycles. The lowest BCUT2D eigenvalue weighted by atomic mass is 9.79. The third kappa shape index (κ3) is 5.65. The van der Waals surface area contributed by atoms with Gasteiger partial charge in [0.15, 0.2) is 0 Å². The van der Waals surface area contributed by atoms with Gasteiger partial charge in [-0.1, -0.05) is 0 Å². The van der Waals surface area contributed by atoms with Crippen LogP contribution in [0.1, 0.15) is 81.1 Å². The molecule has 11 heteroatoms. The zero-order valence-electron chi connectivity index (χ0n) is 21.4. The first-order valence-corrected chi connectivity index (χ1v) is 11.6. The molecule has 2 saturated heterocycles. The minimum atomic E-state index is -0.559. The standard InChI is InChI=1S/C22H40N8O3/c1-19(2)10-14(11-20(3,4)29(19)31)24-16-25-17(28-23-9)27-18(26-16)33-15-12-21(5,6)30(32)22(7,8)13-15/h14-15,23H,10-13H2,1-9H3,(H2,24,25,26,27,28). The monoisotopic (exact) mass is 464 g/mol. The minimum absolute atomic E-state index is 0.0134. The van der Waals surface area contributed by atoms with E-state index in [0.717, 1.165) is 0 Å². The molecule has 0 amide bonds. The Morgan fingerprint density at radius 1 is 0.758 bits per heavy atom. The SMILES string of the molecule is CNNc1nc(NC2CC(C)(C)N([O])C(C)(C)C2)nc(OC2CC(C)(C)N([O])C(C)(C)C2)n1. The van der Waals surface area contributed by atoms with E-state index in [0.29, 0.717) is 37.6 Å². The first-order chi connectivity index (χ1) is 15.1. The molecule has 0 aromatic carbocycles. The molecule has 3 N–H and O–H groups in total. The van der Waals surface area contributed by atoms with Crippen molar-refractivity contribution in [1.82, 2.24) is 30.5 Å². The zero-order chi connectivity index (χ0) is 24.8. The normalized spacial score (nSPS) is 25.5. The van der Waals surface area contributed by atoms with E-state index in [-0.39, 0.29) is 18.2 Å². The number of nitrogens with zero attached hydrogens (tertiary/aromatic N) is 5. The molecule has 0 saturated carbocycles. The maximum absolute atomic E-state index is 12.7. The predicted molar refractivity (Wildman–Crippen MR) is 124 cm³/mol. The van der Waals surface area contributed by atoms with Gasteiger partial charge in [-0.3, -0.25) is 5.43 Å². The van der Waals surface area contributed by atoms with E-state index in [1.165, 1.54) is 10.1 Å². The Balaban J connectivity index is 1.82. The summed E-state index contributed by atoms with van der Waals surface area (Å²) in [5, 5.41) is 31.1. The van der Waals surface area contributed by atoms with Gasteiger partial charge in [-0.25, -0.2) is 5.43 Å². The predicted octanol–water partition coefficient (Wildman–Crippen LogP) is 2.94. The van der Waals surface area contributed by atoms with Crippen molar-refractivity contribution in [3.8, 4) is 6.01 Å². The second-order valence-electron chi connectivity index (χ2n) is 11.9. The molecule has 2 aliphatic heterocycles. The fraction of sp³-hybridized carbons (Fsp3) is 0.864. The number of nitrogens with one attached hydrogen (secondary N) is 3. The van der Waals surface area contributed by atoms with Crippen molar-refractivity contribution in [3.63, 3.8) is 0 Å². The van der Waals surface area contributed by atoms with Gasteiger partial charge in [0.1, 0.15) is 6.10 Å². The average molecular weight is 465 g/mol. The lowest BCUT2D eigenvalue weighted by Crippen LogP contribution is -2.60. The fourth-order valence-corrected chi connectivity index (χ4v) is 5.59. The molecule has 33 heavy (non-hydrogen) atoms. The van der Waals surface area contributed by atoms with Crippen molar-refractivity contribution in [2.75, 3.05) is 17.8 Å². The van der Waals surface area contributed by atoms with Gasteiger partial charge in [0.25, 0.3) is 0 Å². The van der Waals surface area contributed by atoms with Crippen LogP contribution in [0.15, 0.2) is 0 Å². The molecule has 0 spiro atoms. The Kier molecular flexibility index (Phi) is 6.86. The summed E-state index contributed by atoms with van der Waals surface area (Å²) in [5.41, 5.74) is 3.58. The van der Waals surface area contributed by atoms with Crippen LogP contribution in [0.2, 0.25) is 0 Å². The van der Waals surface area contributed by atoms with Crippen LogP contribution < -0.4 is 20.9 Å². The van der Waals surface area contributed by atoms with Crippen molar-refractivity contribution in [2.24, 2.45) is 0 Å². The van der Waals surface area contributed by atoms with E-state index in [1.54, 1.807) is 7.05 Å². The Bertz CT molecular complexity index is 747. The highest BCUT2D eigenvalue weighted by Crippen LogP contribution is 2.39. The summed E-state index contributed by atoms with van der Waals surface area (Å²) in [5.74, 6) is 0.707. The van der Waals surface area contributed by atoms with Gasteiger partial charge in [0.05, 0.1) is 0 Å². The van der Waals surface area contributed by atoms with Gasteiger partial charge in [0, 0.05) is 48.1 Å². The van der Waals surface area contributed by atoms with Crippen molar-refractivity contribution in [3.05, 3.63) is 0 Å². The average Bonchev–Trinajstić information content (AvgIpc) is 2.63. The summed E-state index contributed by atoms with van der Waals surface area (Å²) >= 11 is 0. The Labute approximate surface area is 197 Å². The van der Waals surface area contributed by atoms with E-state index in [2.05, 4.69) is 31.1 Å². The molecular weight excluding hydrogens is 424 g/mol. The number of anilines is 2. The molecule has 0 atom stereocenters. The molecule has 11 nitrogen and oxygen atoms in total. The Morgan fingerprint density at radius 2 is 1.21 bits per heavy atom. The number of piperidine rings is 2. The molecule has 186 valence electrons. The van der Waals surface area contributed by atoms with Gasteiger partial charge < -0.3 is 10.1 Å². The third-order valence-corrected chi connectivity index (χ3v) is 6.60. The van der Waals surface area contributed by atoms with Crippen LogP contribution >= 0.6 is 0 Å². The Morgan fingerprint density at radius 3 is 1.70 bits per heavy atom. The number of hydrazine groups is 1. The highest BCUT2D eigenvalue weighted by molar-refractivity contribution is 5.36. The van der Waals surface area contributed by atoms with E-state index >= 15 is 0 Å². The third-order valence-electron chi connectivity index (χ3n) is 6.60. The first-order valence-electron chi connectivity index (χ1n) is 11.6. The second-order valence-corrected chi connectivity index (χ2v) is 11.9. The first kappa shape index (κ1) is 25.8. The van der Waals surface area contributed by atoms with Crippen LogP contribution in [0, 0.1) is 0 Å². The number of ether oxygens (including phenoxy) is 1. The van der Waals surface area contributed by atoms with Crippen LogP contribution in [-0.2, 0) is 10.4 Å². The number of aromatic nitrogens is 3. The molecule has 2 aliphatic rings. The number of hydrogen-bond donors (Lipinski definition) is 3. The lowest BCUT2D eigenvalue weighted by molar-refractivity contribution is -0.297. The molecule has 1 aromatic rings. The van der Waals surface area contributed by atoms with Crippen LogP contribution in [0.3, 0.4) is 0 Å². The van der Waals surface area contributed by atoms with Crippen molar-refractivity contribution in [2.45, 2.75) is 115 Å². The molecule has 0 bridgehead atoms. The summed E-state index contributed by atoms with van der Waals surface area (Å²) in [6.45, 7) is 15.5. The summed E-state index contributed by atoms with van der Waals surface area (Å²) in [4.78, 5) is 13.4. The summed E-state index contributed by atoms with van der Waals surface area (Å²) in [6, 6.07) is 0.209. The van der Waals surface area contributed by atoms with Crippen LogP contribution in [0.5, 0.6) is 6.01 Å². The topological polar surface area (TPSA) is 130 Å². The van der Waals surface area contributed by atoms with Gasteiger partial charge in [-0.2, -0.15) is 15.0 Å². The van der Waals surface area contributed by atoms with E-state index in [1.807, 2.05) is 55.4 Å². The zero-order valence-corrected chi connectivity index (χ0v) is 21.4. The number of hydrogen-bond acceptors (Lipinski definition) is 9. The van der Waals surface area contributed by atoms with Gasteiger partial charge >= 0.3 is 6.01 Å². The van der Waals surface area contributed by atoms with Gasteiger partial charge in [-0.05, 0) is 68.2 Å². The van der Waals surface area contributed by atoms with Crippen LogP contribution in [0.25, 0.3) is 0 Å². The summed E-state index contributed by atoms with van der Waals surface area (Å²) in [7, 11) is 1.72. The molecule has 3 rings (SSSR count). The van der Waals surface area contributed by atoms with Crippen molar-refractivity contribution >= 4 is 11.9 Å². The van der Waals surface area contributed by atoms with Crippen molar-refractivity contribution in [1.29, 1.82) is 0 Å². The van der Waals surface area contributed by atoms with Crippen LogP contribution in [0.4, 0.5) is 11.9 Å². The smallest absolute Gasteiger partial charge is 0.323 e. The summed E-state index contributed by atoms with van der Waals surface area (Å²) in [6.07, 6.45) is 2.22. The largest absolute Gasteiger partial charge is 0.460 e. The Hall–Kier alpha value is -1.79. The molecule has 1 aromatic heterocycles. The van der Waals surface area contributed by atoms with Crippen LogP contribution in [-0.4, -0.2) is 66.4 Å². The lowest BCUT2D eigenvalue weighted by Gasteiger charge is -2.50. The second kappa shape index (κ2) is 8.77. The number of rotatable bonds is 6. The fourth-order valence-electron chi connectivity index (χ4n) is 5.59. The van der Waals surface area contributed by atoms with E-state index in [4.69, 9.17) is 4.74 Å². The quantitative estimate of drug-likeness (QED) is 0.544. The van der Waals surface area contributed by atoms with E-state index in [9.17, 15) is 10.4 Å². The molecular formula is C22H40N8O3. The van der Waals surface area contributed by atoms with Crippen molar-refractivity contribution < 1.29 is 15.2 Å².